The third-order valence-corrected chi connectivity index (χ3v) is 5.66. The smallest absolute Gasteiger partial charge is 0.353 e. The molecule has 3 N–H and O–H groups in total. The first-order chi connectivity index (χ1) is 10.9. The average Bonchev–Trinajstić information content (AvgIpc) is 3.05. The number of aromatic amines is 1. The highest BCUT2D eigenvalue weighted by Gasteiger charge is 2.59. The Kier molecular flexibility index (Phi) is 4.15. The number of nitrogens with zero attached hydrogens (tertiary/aromatic N) is 3. The number of carbonyl (C=O) groups excluding carboxylic acids is 1. The second-order valence-corrected chi connectivity index (χ2v) is 6.94. The number of nitrogens with one attached hydrogen (secondary N) is 1. The number of aliphatic hydroxyl groups is 1. The van der Waals surface area contributed by atoms with E-state index in [0.717, 1.165) is 5.82 Å². The SMILES string of the molecule is CC(O)C1C(=O)N2C(C(=O)O)=C(SCCc3ncn[nH]3)C(C)C12. The fraction of sp³-hybridized carbons (Fsp3) is 0.571. The second-order valence-electron chi connectivity index (χ2n) is 5.80. The number of hydrogen-bond donors (Lipinski definition) is 3. The number of rotatable bonds is 6. The first-order valence-electron chi connectivity index (χ1n) is 7.39. The second kappa shape index (κ2) is 5.97. The highest BCUT2D eigenvalue weighted by Crippen LogP contribution is 2.50. The molecule has 124 valence electrons. The fourth-order valence-electron chi connectivity index (χ4n) is 3.32. The predicted octanol–water partition coefficient (Wildman–Crippen LogP) is 0.234. The van der Waals surface area contributed by atoms with Gasteiger partial charge in [-0.15, -0.1) is 11.8 Å². The summed E-state index contributed by atoms with van der Waals surface area (Å²) in [4.78, 5) is 29.9. The maximum absolute atomic E-state index is 12.2. The molecular formula is C14H18N4O4S. The minimum absolute atomic E-state index is 0.0620. The zero-order chi connectivity index (χ0) is 16.7. The molecule has 3 rings (SSSR count). The summed E-state index contributed by atoms with van der Waals surface area (Å²) in [5, 5.41) is 25.8. The number of aliphatic carboxylic acids is 1. The number of H-pyrrole nitrogens is 1. The maximum Gasteiger partial charge on any atom is 0.353 e. The molecule has 0 radical (unpaired) electrons. The van der Waals surface area contributed by atoms with Gasteiger partial charge in [-0.25, -0.2) is 9.78 Å². The normalized spacial score (nSPS) is 27.9. The number of carbonyl (C=O) groups is 2. The number of amides is 1. The van der Waals surface area contributed by atoms with Gasteiger partial charge in [0.25, 0.3) is 0 Å². The van der Waals surface area contributed by atoms with Gasteiger partial charge in [-0.05, 0) is 6.92 Å². The molecule has 1 aromatic heterocycles. The van der Waals surface area contributed by atoms with Crippen molar-refractivity contribution in [1.82, 2.24) is 20.1 Å². The molecule has 23 heavy (non-hydrogen) atoms. The van der Waals surface area contributed by atoms with Crippen LogP contribution in [0.5, 0.6) is 0 Å². The molecule has 2 aliphatic heterocycles. The van der Waals surface area contributed by atoms with Gasteiger partial charge in [-0.3, -0.25) is 9.89 Å². The number of carboxylic acid groups (broad SMARTS) is 1. The highest BCUT2D eigenvalue weighted by molar-refractivity contribution is 8.03. The molecule has 0 bridgehead atoms. The van der Waals surface area contributed by atoms with Crippen molar-refractivity contribution >= 4 is 23.6 Å². The standard InChI is InChI=1S/C14H18N4O4S/c1-6-10-9(7(2)19)13(20)18(10)11(14(21)22)12(6)23-4-3-8-15-5-16-17-8/h5-7,9-10,19H,3-4H2,1-2H3,(H,21,22)(H,15,16,17). The summed E-state index contributed by atoms with van der Waals surface area (Å²) in [6.07, 6.45) is 1.28. The minimum atomic E-state index is -1.10. The van der Waals surface area contributed by atoms with Crippen LogP contribution >= 0.6 is 11.8 Å². The van der Waals surface area contributed by atoms with E-state index in [1.54, 1.807) is 6.92 Å². The Bertz CT molecular complexity index is 658. The van der Waals surface area contributed by atoms with Crippen molar-refractivity contribution in [3.8, 4) is 0 Å². The lowest BCUT2D eigenvalue weighted by molar-refractivity contribution is -0.163. The zero-order valence-electron chi connectivity index (χ0n) is 12.8. The number of aliphatic hydroxyl groups excluding tert-OH is 1. The van der Waals surface area contributed by atoms with Gasteiger partial charge in [-0.2, -0.15) is 5.10 Å². The summed E-state index contributed by atoms with van der Waals surface area (Å²) >= 11 is 1.43. The van der Waals surface area contributed by atoms with Crippen molar-refractivity contribution in [3.63, 3.8) is 0 Å². The molecule has 4 atom stereocenters. The van der Waals surface area contributed by atoms with Crippen molar-refractivity contribution in [2.45, 2.75) is 32.4 Å². The van der Waals surface area contributed by atoms with Crippen LogP contribution in [0, 0.1) is 11.8 Å². The summed E-state index contributed by atoms with van der Waals surface area (Å²) in [6.45, 7) is 3.48. The van der Waals surface area contributed by atoms with E-state index in [1.165, 1.54) is 23.0 Å². The van der Waals surface area contributed by atoms with E-state index in [-0.39, 0.29) is 23.6 Å². The number of carboxylic acids is 1. The van der Waals surface area contributed by atoms with Gasteiger partial charge in [-0.1, -0.05) is 6.92 Å². The van der Waals surface area contributed by atoms with Gasteiger partial charge in [0.1, 0.15) is 17.8 Å². The highest BCUT2D eigenvalue weighted by atomic mass is 32.2. The molecule has 1 amide bonds. The van der Waals surface area contributed by atoms with E-state index in [4.69, 9.17) is 0 Å². The molecule has 8 nitrogen and oxygen atoms in total. The largest absolute Gasteiger partial charge is 0.477 e. The summed E-state index contributed by atoms with van der Waals surface area (Å²) in [7, 11) is 0. The zero-order valence-corrected chi connectivity index (χ0v) is 13.6. The van der Waals surface area contributed by atoms with Crippen molar-refractivity contribution in [1.29, 1.82) is 0 Å². The summed E-state index contributed by atoms with van der Waals surface area (Å²) in [6, 6.07) is -0.263. The van der Waals surface area contributed by atoms with Crippen molar-refractivity contribution in [2.75, 3.05) is 5.75 Å². The quantitative estimate of drug-likeness (QED) is 0.635. The van der Waals surface area contributed by atoms with E-state index >= 15 is 0 Å². The third kappa shape index (κ3) is 2.53. The van der Waals surface area contributed by atoms with Crippen LogP contribution in [0.3, 0.4) is 0 Å². The number of fused-ring (bicyclic) bond motifs is 1. The van der Waals surface area contributed by atoms with Gasteiger partial charge >= 0.3 is 5.97 Å². The Balaban J connectivity index is 1.77. The lowest BCUT2D eigenvalue weighted by Crippen LogP contribution is -2.63. The first kappa shape index (κ1) is 16.0. The van der Waals surface area contributed by atoms with Gasteiger partial charge < -0.3 is 15.1 Å². The Labute approximate surface area is 137 Å². The molecule has 0 saturated carbocycles. The van der Waals surface area contributed by atoms with Crippen molar-refractivity contribution < 1.29 is 19.8 Å². The molecular weight excluding hydrogens is 320 g/mol. The molecule has 2 aliphatic rings. The van der Waals surface area contributed by atoms with Crippen LogP contribution in [-0.2, 0) is 16.0 Å². The molecule has 0 spiro atoms. The predicted molar refractivity (Wildman–Crippen MR) is 82.2 cm³/mol. The molecule has 0 aliphatic carbocycles. The van der Waals surface area contributed by atoms with Crippen molar-refractivity contribution in [2.24, 2.45) is 11.8 Å². The van der Waals surface area contributed by atoms with Crippen LogP contribution in [0.1, 0.15) is 19.7 Å². The number of thioether (sulfide) groups is 1. The van der Waals surface area contributed by atoms with Crippen LogP contribution in [-0.4, -0.2) is 60.1 Å². The van der Waals surface area contributed by atoms with E-state index in [0.29, 0.717) is 17.1 Å². The Morgan fingerprint density at radius 3 is 2.87 bits per heavy atom. The third-order valence-electron chi connectivity index (χ3n) is 4.37. The molecule has 4 unspecified atom stereocenters. The average molecular weight is 338 g/mol. The first-order valence-corrected chi connectivity index (χ1v) is 8.37. The number of hydrogen-bond acceptors (Lipinski definition) is 6. The Morgan fingerprint density at radius 2 is 2.30 bits per heavy atom. The van der Waals surface area contributed by atoms with E-state index < -0.39 is 18.0 Å². The Hall–Kier alpha value is -1.87. The molecule has 0 aromatic carbocycles. The summed E-state index contributed by atoms with van der Waals surface area (Å²) < 4.78 is 0. The van der Waals surface area contributed by atoms with Gasteiger partial charge in [0, 0.05) is 23.0 Å². The van der Waals surface area contributed by atoms with E-state index in [9.17, 15) is 19.8 Å². The van der Waals surface area contributed by atoms with Crippen LogP contribution in [0.15, 0.2) is 16.9 Å². The Morgan fingerprint density at radius 1 is 1.57 bits per heavy atom. The number of aromatic nitrogens is 3. The number of β-lactam (4-membered cyclic amide) rings is 1. The molecule has 9 heteroatoms. The number of aryl methyl sites for hydroxylation is 1. The molecule has 1 fully saturated rings. The topological polar surface area (TPSA) is 119 Å². The minimum Gasteiger partial charge on any atom is -0.477 e. The van der Waals surface area contributed by atoms with E-state index in [2.05, 4.69) is 15.2 Å². The van der Waals surface area contributed by atoms with Crippen LogP contribution in [0.4, 0.5) is 0 Å². The summed E-state index contributed by atoms with van der Waals surface area (Å²) in [5.41, 5.74) is 0.0620. The lowest BCUT2D eigenvalue weighted by atomic mass is 9.79. The van der Waals surface area contributed by atoms with Crippen LogP contribution < -0.4 is 0 Å². The van der Waals surface area contributed by atoms with Gasteiger partial charge in [0.15, 0.2) is 0 Å². The summed E-state index contributed by atoms with van der Waals surface area (Å²) in [5.74, 6) is -0.648. The van der Waals surface area contributed by atoms with Crippen LogP contribution in [0.25, 0.3) is 0 Å². The fourth-order valence-corrected chi connectivity index (χ4v) is 4.56. The van der Waals surface area contributed by atoms with Crippen molar-refractivity contribution in [3.05, 3.63) is 22.8 Å². The lowest BCUT2D eigenvalue weighted by Gasteiger charge is -2.46. The molecule has 3 heterocycles. The monoisotopic (exact) mass is 338 g/mol. The molecule has 1 aromatic rings. The van der Waals surface area contributed by atoms with E-state index in [1.807, 2.05) is 6.92 Å². The van der Waals surface area contributed by atoms with Gasteiger partial charge in [0.2, 0.25) is 5.91 Å². The van der Waals surface area contributed by atoms with Crippen LogP contribution in [0.2, 0.25) is 0 Å². The molecule has 1 saturated heterocycles. The van der Waals surface area contributed by atoms with Gasteiger partial charge in [0.05, 0.1) is 18.1 Å². The maximum atomic E-state index is 12.2.